The molecule has 1 aromatic heterocycles. The van der Waals surface area contributed by atoms with Gasteiger partial charge in [-0.05, 0) is 0 Å². The average Bonchev–Trinajstić information content (AvgIpc) is 2.83. The van der Waals surface area contributed by atoms with Gasteiger partial charge >= 0.3 is 6.03 Å². The zero-order valence-electron chi connectivity index (χ0n) is 11.6. The van der Waals surface area contributed by atoms with Crippen LogP contribution in [0, 0.1) is 0 Å². The number of amides is 3. The molecule has 0 radical (unpaired) electrons. The largest absolute Gasteiger partial charge is 0.347 e. The molecule has 0 bridgehead atoms. The second-order valence-corrected chi connectivity index (χ2v) is 4.58. The maximum absolute atomic E-state index is 11.7. The van der Waals surface area contributed by atoms with Crippen LogP contribution in [-0.2, 0) is 0 Å². The molecule has 0 saturated heterocycles. The van der Waals surface area contributed by atoms with E-state index in [4.69, 9.17) is 0 Å². The monoisotopic (exact) mass is 268 g/mol. The Hall–Kier alpha value is -2.12. The zero-order valence-corrected chi connectivity index (χ0v) is 11.6. The molecule has 0 spiro atoms. The summed E-state index contributed by atoms with van der Waals surface area (Å²) in [5.41, 5.74) is 0. The van der Waals surface area contributed by atoms with E-state index in [0.717, 1.165) is 0 Å². The number of aromatic nitrogens is 3. The topological polar surface area (TPSA) is 103 Å². The third-order valence-corrected chi connectivity index (χ3v) is 2.35. The smallest absolute Gasteiger partial charge is 0.316 e. The van der Waals surface area contributed by atoms with Crippen LogP contribution in [0.2, 0.25) is 0 Å². The number of urea groups is 1. The van der Waals surface area contributed by atoms with E-state index in [-0.39, 0.29) is 23.7 Å². The highest BCUT2D eigenvalue weighted by Crippen LogP contribution is 2.07. The average molecular weight is 268 g/mol. The maximum atomic E-state index is 11.7. The highest BCUT2D eigenvalue weighted by Gasteiger charge is 2.13. The summed E-state index contributed by atoms with van der Waals surface area (Å²) in [7, 11) is 3.30. The van der Waals surface area contributed by atoms with Gasteiger partial charge in [0, 0.05) is 33.1 Å². The Bertz CT molecular complexity index is 440. The van der Waals surface area contributed by atoms with Crippen molar-refractivity contribution < 1.29 is 9.59 Å². The van der Waals surface area contributed by atoms with Gasteiger partial charge in [0.25, 0.3) is 5.91 Å². The number of rotatable bonds is 5. The van der Waals surface area contributed by atoms with Gasteiger partial charge < -0.3 is 15.5 Å². The molecule has 1 heterocycles. The number of H-pyrrole nitrogens is 1. The predicted octanol–water partition coefficient (Wildman–Crippen LogP) is -0.0709. The van der Waals surface area contributed by atoms with Gasteiger partial charge in [0.2, 0.25) is 5.82 Å². The first-order valence-corrected chi connectivity index (χ1v) is 6.07. The molecule has 8 heteroatoms. The van der Waals surface area contributed by atoms with Crippen molar-refractivity contribution in [3.05, 3.63) is 11.6 Å². The van der Waals surface area contributed by atoms with Gasteiger partial charge in [0.05, 0.1) is 0 Å². The summed E-state index contributed by atoms with van der Waals surface area (Å²) >= 11 is 0. The molecule has 8 nitrogen and oxygen atoms in total. The zero-order chi connectivity index (χ0) is 14.4. The summed E-state index contributed by atoms with van der Waals surface area (Å²) in [5.74, 6) is 0.615. The predicted molar refractivity (Wildman–Crippen MR) is 69.9 cm³/mol. The molecular weight excluding hydrogens is 248 g/mol. The molecule has 1 aromatic rings. The van der Waals surface area contributed by atoms with E-state index in [1.54, 1.807) is 14.1 Å². The van der Waals surface area contributed by atoms with Crippen LogP contribution >= 0.6 is 0 Å². The van der Waals surface area contributed by atoms with Crippen LogP contribution in [0.15, 0.2) is 0 Å². The minimum Gasteiger partial charge on any atom is -0.347 e. The Labute approximate surface area is 112 Å². The van der Waals surface area contributed by atoms with Gasteiger partial charge in [0.15, 0.2) is 0 Å². The van der Waals surface area contributed by atoms with Crippen LogP contribution in [0.1, 0.15) is 36.2 Å². The van der Waals surface area contributed by atoms with Gasteiger partial charge in [-0.15, -0.1) is 5.10 Å². The number of carbonyl (C=O) groups is 2. The fourth-order valence-corrected chi connectivity index (χ4v) is 1.22. The maximum Gasteiger partial charge on any atom is 0.316 e. The lowest BCUT2D eigenvalue weighted by molar-refractivity contribution is 0.0943. The van der Waals surface area contributed by atoms with E-state index < -0.39 is 0 Å². The lowest BCUT2D eigenvalue weighted by Crippen LogP contribution is -2.39. The summed E-state index contributed by atoms with van der Waals surface area (Å²) in [5, 5.41) is 11.8. The lowest BCUT2D eigenvalue weighted by atomic mass is 10.2. The van der Waals surface area contributed by atoms with Crippen LogP contribution in [0.25, 0.3) is 0 Å². The normalized spacial score (nSPS) is 10.4. The Morgan fingerprint density at radius 2 is 1.89 bits per heavy atom. The number of hydrogen-bond donors (Lipinski definition) is 3. The van der Waals surface area contributed by atoms with Crippen molar-refractivity contribution in [2.24, 2.45) is 0 Å². The summed E-state index contributed by atoms with van der Waals surface area (Å²) in [4.78, 5) is 28.4. The molecule has 19 heavy (non-hydrogen) atoms. The highest BCUT2D eigenvalue weighted by molar-refractivity contribution is 5.90. The molecule has 0 saturated carbocycles. The van der Waals surface area contributed by atoms with Gasteiger partial charge in [-0.2, -0.15) is 0 Å². The molecule has 106 valence electrons. The molecule has 0 fully saturated rings. The molecule has 0 aliphatic carbocycles. The SMILES string of the molecule is CC(C)c1nc(C(=O)NCCNC(=O)N(C)C)n[nH]1. The van der Waals surface area contributed by atoms with Gasteiger partial charge in [-0.1, -0.05) is 13.8 Å². The Morgan fingerprint density at radius 3 is 2.42 bits per heavy atom. The Morgan fingerprint density at radius 1 is 1.26 bits per heavy atom. The van der Waals surface area contributed by atoms with Crippen LogP contribution in [0.4, 0.5) is 4.79 Å². The molecule has 0 unspecified atom stereocenters. The molecule has 0 aliphatic rings. The first-order valence-electron chi connectivity index (χ1n) is 6.07. The van der Waals surface area contributed by atoms with E-state index >= 15 is 0 Å². The number of hydrogen-bond acceptors (Lipinski definition) is 4. The summed E-state index contributed by atoms with van der Waals surface area (Å²) in [6.07, 6.45) is 0. The van der Waals surface area contributed by atoms with E-state index in [0.29, 0.717) is 18.9 Å². The number of carbonyl (C=O) groups excluding carboxylic acids is 2. The van der Waals surface area contributed by atoms with Crippen molar-refractivity contribution in [3.63, 3.8) is 0 Å². The van der Waals surface area contributed by atoms with Gasteiger partial charge in [-0.25, -0.2) is 9.78 Å². The van der Waals surface area contributed by atoms with Crippen molar-refractivity contribution in [1.29, 1.82) is 0 Å². The molecule has 0 atom stereocenters. The van der Waals surface area contributed by atoms with Crippen molar-refractivity contribution in [3.8, 4) is 0 Å². The second kappa shape index (κ2) is 6.72. The van der Waals surface area contributed by atoms with Crippen LogP contribution in [0.5, 0.6) is 0 Å². The third kappa shape index (κ3) is 4.57. The van der Waals surface area contributed by atoms with Crippen molar-refractivity contribution >= 4 is 11.9 Å². The van der Waals surface area contributed by atoms with Crippen molar-refractivity contribution in [2.45, 2.75) is 19.8 Å². The lowest BCUT2D eigenvalue weighted by Gasteiger charge is -2.11. The quantitative estimate of drug-likeness (QED) is 0.650. The van der Waals surface area contributed by atoms with Crippen LogP contribution < -0.4 is 10.6 Å². The molecule has 1 rings (SSSR count). The Kier molecular flexibility index (Phi) is 5.28. The first-order chi connectivity index (χ1) is 8.91. The number of nitrogens with one attached hydrogen (secondary N) is 3. The summed E-state index contributed by atoms with van der Waals surface area (Å²) in [6.45, 7) is 4.59. The number of nitrogens with zero attached hydrogens (tertiary/aromatic N) is 3. The molecule has 0 aliphatic heterocycles. The first kappa shape index (κ1) is 14.9. The van der Waals surface area contributed by atoms with E-state index in [1.165, 1.54) is 4.90 Å². The summed E-state index contributed by atoms with van der Waals surface area (Å²) < 4.78 is 0. The molecular formula is C11H20N6O2. The van der Waals surface area contributed by atoms with E-state index in [2.05, 4.69) is 25.8 Å². The standard InChI is InChI=1S/C11H20N6O2/c1-7(2)8-14-9(16-15-8)10(18)12-5-6-13-11(19)17(3)4/h7H,5-6H2,1-4H3,(H,12,18)(H,13,19)(H,14,15,16). The van der Waals surface area contributed by atoms with E-state index in [1.807, 2.05) is 13.8 Å². The fourth-order valence-electron chi connectivity index (χ4n) is 1.22. The van der Waals surface area contributed by atoms with Crippen molar-refractivity contribution in [1.82, 2.24) is 30.7 Å². The van der Waals surface area contributed by atoms with Crippen LogP contribution in [-0.4, -0.2) is 59.2 Å². The summed E-state index contributed by atoms with van der Waals surface area (Å²) in [6, 6.07) is -0.200. The minimum absolute atomic E-state index is 0.114. The second-order valence-electron chi connectivity index (χ2n) is 4.58. The van der Waals surface area contributed by atoms with Gasteiger partial charge in [-0.3, -0.25) is 9.89 Å². The van der Waals surface area contributed by atoms with Crippen molar-refractivity contribution in [2.75, 3.05) is 27.2 Å². The van der Waals surface area contributed by atoms with Crippen LogP contribution in [0.3, 0.4) is 0 Å². The number of aromatic amines is 1. The molecule has 3 N–H and O–H groups in total. The van der Waals surface area contributed by atoms with E-state index in [9.17, 15) is 9.59 Å². The van der Waals surface area contributed by atoms with Gasteiger partial charge in [0.1, 0.15) is 5.82 Å². The third-order valence-electron chi connectivity index (χ3n) is 2.35. The minimum atomic E-state index is -0.359. The molecule has 0 aromatic carbocycles. The Balaban J connectivity index is 2.33. The molecule has 3 amide bonds. The fraction of sp³-hybridized carbons (Fsp3) is 0.636. The highest BCUT2D eigenvalue weighted by atomic mass is 16.2.